The molecule has 0 bridgehead atoms. The number of halogens is 4. The van der Waals surface area contributed by atoms with Crippen molar-refractivity contribution in [1.29, 1.82) is 0 Å². The van der Waals surface area contributed by atoms with Gasteiger partial charge in [0.05, 0.1) is 15.5 Å². The van der Waals surface area contributed by atoms with Crippen LogP contribution in [0.25, 0.3) is 0 Å². The fraction of sp³-hybridized carbons (Fsp3) is 0.235. The molecule has 0 aromatic heterocycles. The van der Waals surface area contributed by atoms with Crippen LogP contribution in [0.5, 0.6) is 0 Å². The van der Waals surface area contributed by atoms with E-state index in [4.69, 9.17) is 11.6 Å². The van der Waals surface area contributed by atoms with Crippen molar-refractivity contribution in [2.75, 3.05) is 26.2 Å². The van der Waals surface area contributed by atoms with Crippen molar-refractivity contribution >= 4 is 33.2 Å². The number of hydrogen-bond acceptors (Lipinski definition) is 5. The quantitative estimate of drug-likeness (QED) is 0.394. The highest BCUT2D eigenvalue weighted by atomic mass is 35.5. The van der Waals surface area contributed by atoms with E-state index in [9.17, 15) is 36.5 Å². The molecule has 0 saturated carbocycles. The molecule has 0 unspecified atom stereocenters. The number of hydrogen-bond donors (Lipinski definition) is 0. The number of nitro benzene ring substituents is 1. The third-order valence-electron chi connectivity index (χ3n) is 4.53. The van der Waals surface area contributed by atoms with E-state index in [1.165, 1.54) is 11.0 Å². The second kappa shape index (κ2) is 8.20. The third-order valence-corrected chi connectivity index (χ3v) is 6.78. The smallest absolute Gasteiger partial charge is 0.270 e. The Morgan fingerprint density at radius 1 is 1.03 bits per heavy atom. The summed E-state index contributed by atoms with van der Waals surface area (Å²) in [6.45, 7) is -0.747. The lowest BCUT2D eigenvalue weighted by atomic mass is 10.1. The monoisotopic (exact) mass is 463 g/mol. The molecule has 0 spiro atoms. The third kappa shape index (κ3) is 3.98. The van der Waals surface area contributed by atoms with Crippen molar-refractivity contribution in [2.24, 2.45) is 0 Å². The van der Waals surface area contributed by atoms with Crippen LogP contribution in [0.4, 0.5) is 18.9 Å². The number of nitro groups is 1. The van der Waals surface area contributed by atoms with Crippen LogP contribution in [0.3, 0.4) is 0 Å². The highest BCUT2D eigenvalue weighted by Gasteiger charge is 2.34. The second-order valence-corrected chi connectivity index (χ2v) is 8.60. The lowest BCUT2D eigenvalue weighted by Gasteiger charge is -2.34. The first-order chi connectivity index (χ1) is 14.0. The Morgan fingerprint density at radius 3 is 2.27 bits per heavy atom. The molecule has 2 aromatic rings. The van der Waals surface area contributed by atoms with Gasteiger partial charge in [-0.1, -0.05) is 11.6 Å². The van der Waals surface area contributed by atoms with Gasteiger partial charge in [0.25, 0.3) is 11.6 Å². The Kier molecular flexibility index (Phi) is 6.01. The minimum Gasteiger partial charge on any atom is -0.336 e. The summed E-state index contributed by atoms with van der Waals surface area (Å²) in [6, 6.07) is 4.50. The minimum atomic E-state index is -4.47. The summed E-state index contributed by atoms with van der Waals surface area (Å²) in [4.78, 5) is 23.1. The van der Waals surface area contributed by atoms with Crippen LogP contribution in [-0.2, 0) is 10.0 Å². The molecular weight excluding hydrogens is 451 g/mol. The van der Waals surface area contributed by atoms with Gasteiger partial charge in [-0.3, -0.25) is 14.9 Å². The molecule has 1 aliphatic rings. The summed E-state index contributed by atoms with van der Waals surface area (Å²) < 4.78 is 66.5. The summed E-state index contributed by atoms with van der Waals surface area (Å²) in [7, 11) is -4.47. The van der Waals surface area contributed by atoms with Gasteiger partial charge in [-0.25, -0.2) is 21.6 Å². The second-order valence-electron chi connectivity index (χ2n) is 6.29. The Hall–Kier alpha value is -2.70. The van der Waals surface area contributed by atoms with Crippen molar-refractivity contribution in [2.45, 2.75) is 4.90 Å². The van der Waals surface area contributed by atoms with Crippen molar-refractivity contribution < 1.29 is 31.3 Å². The van der Waals surface area contributed by atoms with Crippen LogP contribution in [0.1, 0.15) is 10.4 Å². The van der Waals surface area contributed by atoms with Gasteiger partial charge in [-0.2, -0.15) is 4.31 Å². The van der Waals surface area contributed by atoms with Gasteiger partial charge in [-0.05, 0) is 18.2 Å². The molecule has 1 saturated heterocycles. The summed E-state index contributed by atoms with van der Waals surface area (Å²) in [5, 5.41) is 10.9. The molecule has 13 heteroatoms. The molecule has 3 rings (SSSR count). The van der Waals surface area contributed by atoms with Gasteiger partial charge in [0.1, 0.15) is 4.90 Å². The predicted octanol–water partition coefficient (Wildman–Crippen LogP) is 2.81. The normalized spacial score (nSPS) is 15.3. The maximum absolute atomic E-state index is 13.9. The predicted molar refractivity (Wildman–Crippen MR) is 99.1 cm³/mol. The van der Waals surface area contributed by atoms with Gasteiger partial charge >= 0.3 is 0 Å². The number of rotatable bonds is 4. The van der Waals surface area contributed by atoms with E-state index in [1.807, 2.05) is 0 Å². The van der Waals surface area contributed by atoms with E-state index in [0.29, 0.717) is 12.1 Å². The number of benzene rings is 2. The molecule has 1 aliphatic heterocycles. The number of nitrogens with zero attached hydrogens (tertiary/aromatic N) is 3. The van der Waals surface area contributed by atoms with Crippen LogP contribution < -0.4 is 0 Å². The van der Waals surface area contributed by atoms with Gasteiger partial charge in [-0.15, -0.1) is 0 Å². The zero-order chi connectivity index (χ0) is 22.2. The molecule has 2 aromatic carbocycles. The molecule has 8 nitrogen and oxygen atoms in total. The van der Waals surface area contributed by atoms with E-state index in [0.717, 1.165) is 16.4 Å². The zero-order valence-electron chi connectivity index (χ0n) is 15.0. The first-order valence-electron chi connectivity index (χ1n) is 8.41. The standard InChI is InChI=1S/C17H13ClF3N3O5S/c18-12-2-1-10(24(26)27)9-11(12)17(25)22-5-7-23(8-6-22)30(28,29)14-4-3-13(19)15(20)16(14)21/h1-4,9H,5-8H2. The number of piperazine rings is 1. The molecule has 1 heterocycles. The van der Waals surface area contributed by atoms with Crippen LogP contribution in [0.15, 0.2) is 35.2 Å². The van der Waals surface area contributed by atoms with Gasteiger partial charge in [0.15, 0.2) is 17.5 Å². The lowest BCUT2D eigenvalue weighted by Crippen LogP contribution is -2.50. The fourth-order valence-electron chi connectivity index (χ4n) is 2.94. The van der Waals surface area contributed by atoms with Crippen LogP contribution in [0, 0.1) is 27.6 Å². The lowest BCUT2D eigenvalue weighted by molar-refractivity contribution is -0.384. The molecule has 0 aliphatic carbocycles. The Balaban J connectivity index is 1.78. The summed E-state index contributed by atoms with van der Waals surface area (Å²) in [5.41, 5.74) is -0.452. The van der Waals surface area contributed by atoms with Crippen LogP contribution in [-0.4, -0.2) is 54.6 Å². The highest BCUT2D eigenvalue weighted by Crippen LogP contribution is 2.26. The maximum Gasteiger partial charge on any atom is 0.270 e. The Labute approximate surface area is 173 Å². The molecule has 160 valence electrons. The molecular formula is C17H13ClF3N3O5S. The Morgan fingerprint density at radius 2 is 1.67 bits per heavy atom. The topological polar surface area (TPSA) is 101 Å². The SMILES string of the molecule is O=C(c1cc([N+](=O)[O-])ccc1Cl)N1CCN(S(=O)(=O)c2ccc(F)c(F)c2F)CC1. The van der Waals surface area contributed by atoms with Crippen molar-refractivity contribution in [3.8, 4) is 0 Å². The van der Waals surface area contributed by atoms with Gasteiger partial charge in [0.2, 0.25) is 10.0 Å². The summed E-state index contributed by atoms with van der Waals surface area (Å²) in [6.07, 6.45) is 0. The van der Waals surface area contributed by atoms with Gasteiger partial charge in [0, 0.05) is 38.3 Å². The molecule has 0 N–H and O–H groups in total. The van der Waals surface area contributed by atoms with E-state index < -0.39 is 43.2 Å². The van der Waals surface area contributed by atoms with Crippen LogP contribution >= 0.6 is 11.6 Å². The number of amides is 1. The van der Waals surface area contributed by atoms with Crippen molar-refractivity contribution in [3.05, 3.63) is 68.5 Å². The zero-order valence-corrected chi connectivity index (χ0v) is 16.6. The van der Waals surface area contributed by atoms with E-state index >= 15 is 0 Å². The van der Waals surface area contributed by atoms with E-state index in [-0.39, 0.29) is 42.5 Å². The fourth-order valence-corrected chi connectivity index (χ4v) is 4.62. The van der Waals surface area contributed by atoms with Crippen molar-refractivity contribution in [3.63, 3.8) is 0 Å². The summed E-state index contributed by atoms with van der Waals surface area (Å²) >= 11 is 5.96. The molecule has 30 heavy (non-hydrogen) atoms. The maximum atomic E-state index is 13.9. The molecule has 0 atom stereocenters. The average molecular weight is 464 g/mol. The number of sulfonamides is 1. The first kappa shape index (κ1) is 22.0. The Bertz CT molecular complexity index is 1140. The minimum absolute atomic E-state index is 0.00971. The number of carbonyl (C=O) groups excluding carboxylic acids is 1. The van der Waals surface area contributed by atoms with Gasteiger partial charge < -0.3 is 4.90 Å². The average Bonchev–Trinajstić information content (AvgIpc) is 2.71. The number of non-ortho nitro benzene ring substituents is 1. The first-order valence-corrected chi connectivity index (χ1v) is 10.2. The van der Waals surface area contributed by atoms with E-state index in [2.05, 4.69) is 0 Å². The molecule has 1 fully saturated rings. The van der Waals surface area contributed by atoms with Crippen LogP contribution in [0.2, 0.25) is 5.02 Å². The number of carbonyl (C=O) groups is 1. The summed E-state index contributed by atoms with van der Waals surface area (Å²) in [5.74, 6) is -5.88. The largest absolute Gasteiger partial charge is 0.336 e. The molecule has 1 amide bonds. The van der Waals surface area contributed by atoms with Crippen molar-refractivity contribution in [1.82, 2.24) is 9.21 Å². The van der Waals surface area contributed by atoms with E-state index in [1.54, 1.807) is 0 Å². The molecule has 0 radical (unpaired) electrons. The highest BCUT2D eigenvalue weighted by molar-refractivity contribution is 7.89.